The molecule has 1 aliphatic carbocycles. The molecule has 7 nitrogen and oxygen atoms in total. The molecule has 1 aromatic carbocycles. The minimum Gasteiger partial charge on any atom is -0.463 e. The van der Waals surface area contributed by atoms with E-state index in [0.717, 1.165) is 32.1 Å². The Hall–Kier alpha value is -2.93. The summed E-state index contributed by atoms with van der Waals surface area (Å²) >= 11 is 0. The molecular weight excluding hydrogens is 568 g/mol. The number of esters is 3. The summed E-state index contributed by atoms with van der Waals surface area (Å²) in [6.07, 6.45) is 14.3. The SMILES string of the molecule is C=C(CCCCCCC)C(=O)O[C@@H]1C[C@H](OC(C)=O)[C@H](C/C=C\CCCC(=O)OC(C)C)[C@H]1CC[C@@H](O)CCc1ccccc1. The van der Waals surface area contributed by atoms with Crippen LogP contribution >= 0.6 is 0 Å². The number of allylic oxidation sites excluding steroid dienone is 2. The standard InChI is InChI=1S/C38H58O7/c1-6-7-8-9-13-18-29(4)38(42)45-36-27-35(44-30(5)39)33(21-16-10-11-17-22-37(41)43-28(2)3)34(36)26-25-32(40)24-23-31-19-14-12-15-20-31/h10,12,14-16,19-20,28,32-36,40H,4,6-9,11,13,17-18,21-27H2,1-3,5H3/b16-10-/t32-,33+,34+,35-,36+/m0/s1. The Kier molecular flexibility index (Phi) is 18.5. The number of aliphatic hydroxyl groups excluding tert-OH is 1. The first kappa shape index (κ1) is 38.3. The van der Waals surface area contributed by atoms with Crippen LogP contribution in [0.15, 0.2) is 54.6 Å². The average Bonchev–Trinajstić information content (AvgIpc) is 3.30. The van der Waals surface area contributed by atoms with Gasteiger partial charge in [-0.15, -0.1) is 0 Å². The van der Waals surface area contributed by atoms with Gasteiger partial charge in [-0.2, -0.15) is 0 Å². The summed E-state index contributed by atoms with van der Waals surface area (Å²) in [6, 6.07) is 10.1. The molecule has 45 heavy (non-hydrogen) atoms. The highest BCUT2D eigenvalue weighted by Gasteiger charge is 2.46. The van der Waals surface area contributed by atoms with Gasteiger partial charge in [0.25, 0.3) is 0 Å². The third-order valence-electron chi connectivity index (χ3n) is 8.55. The average molecular weight is 627 g/mol. The Morgan fingerprint density at radius 1 is 0.933 bits per heavy atom. The summed E-state index contributed by atoms with van der Waals surface area (Å²) in [6.45, 7) is 11.3. The molecule has 1 saturated carbocycles. The molecule has 1 fully saturated rings. The largest absolute Gasteiger partial charge is 0.463 e. The van der Waals surface area contributed by atoms with Crippen molar-refractivity contribution in [3.63, 3.8) is 0 Å². The minimum atomic E-state index is -0.491. The van der Waals surface area contributed by atoms with Crippen LogP contribution in [0.3, 0.4) is 0 Å². The minimum absolute atomic E-state index is 0.0579. The van der Waals surface area contributed by atoms with E-state index in [1.807, 2.05) is 32.0 Å². The highest BCUT2D eigenvalue weighted by Crippen LogP contribution is 2.42. The molecule has 0 heterocycles. The lowest BCUT2D eigenvalue weighted by atomic mass is 9.85. The maximum absolute atomic E-state index is 13.1. The van der Waals surface area contributed by atoms with E-state index in [-0.39, 0.29) is 42.0 Å². The number of aryl methyl sites for hydroxylation is 1. The van der Waals surface area contributed by atoms with Crippen LogP contribution in [0, 0.1) is 11.8 Å². The molecule has 252 valence electrons. The summed E-state index contributed by atoms with van der Waals surface area (Å²) in [5, 5.41) is 10.9. The number of carbonyl (C=O) groups is 3. The van der Waals surface area contributed by atoms with E-state index < -0.39 is 12.2 Å². The summed E-state index contributed by atoms with van der Waals surface area (Å²) in [5.74, 6) is -1.06. The lowest BCUT2D eigenvalue weighted by Gasteiger charge is -2.26. The lowest BCUT2D eigenvalue weighted by molar-refractivity contribution is -0.149. The Bertz CT molecular complexity index is 1050. The molecule has 0 unspecified atom stereocenters. The molecule has 1 N–H and O–H groups in total. The fourth-order valence-electron chi connectivity index (χ4n) is 6.17. The molecule has 0 saturated heterocycles. The van der Waals surface area contributed by atoms with Gasteiger partial charge in [0.15, 0.2) is 0 Å². The molecule has 0 bridgehead atoms. The summed E-state index contributed by atoms with van der Waals surface area (Å²) in [7, 11) is 0. The van der Waals surface area contributed by atoms with E-state index in [2.05, 4.69) is 37.8 Å². The molecule has 0 amide bonds. The van der Waals surface area contributed by atoms with Gasteiger partial charge in [0.2, 0.25) is 0 Å². The summed E-state index contributed by atoms with van der Waals surface area (Å²) < 4.78 is 17.1. The molecular formula is C38H58O7. The Morgan fingerprint density at radius 2 is 1.64 bits per heavy atom. The quantitative estimate of drug-likeness (QED) is 0.0455. The van der Waals surface area contributed by atoms with Crippen molar-refractivity contribution in [2.24, 2.45) is 11.8 Å². The van der Waals surface area contributed by atoms with Crippen LogP contribution in [-0.2, 0) is 35.0 Å². The van der Waals surface area contributed by atoms with Gasteiger partial charge in [-0.25, -0.2) is 4.79 Å². The second kappa shape index (κ2) is 21.7. The molecule has 1 aliphatic rings. The van der Waals surface area contributed by atoms with Gasteiger partial charge in [0.05, 0.1) is 12.2 Å². The van der Waals surface area contributed by atoms with Gasteiger partial charge in [-0.1, -0.05) is 81.7 Å². The molecule has 0 spiro atoms. The first-order valence-corrected chi connectivity index (χ1v) is 17.2. The second-order valence-corrected chi connectivity index (χ2v) is 12.8. The van der Waals surface area contributed by atoms with Crippen LogP contribution in [-0.4, -0.2) is 47.4 Å². The molecule has 0 radical (unpaired) electrons. The molecule has 1 aromatic rings. The Morgan fingerprint density at radius 3 is 2.33 bits per heavy atom. The van der Waals surface area contributed by atoms with Crippen molar-refractivity contribution in [1.82, 2.24) is 0 Å². The van der Waals surface area contributed by atoms with E-state index in [1.165, 1.54) is 25.3 Å². The topological polar surface area (TPSA) is 99.1 Å². The monoisotopic (exact) mass is 626 g/mol. The maximum Gasteiger partial charge on any atom is 0.333 e. The third kappa shape index (κ3) is 15.8. The molecule has 0 aliphatic heterocycles. The summed E-state index contributed by atoms with van der Waals surface area (Å²) in [5.41, 5.74) is 1.67. The van der Waals surface area contributed by atoms with Crippen molar-refractivity contribution in [2.75, 3.05) is 0 Å². The zero-order valence-electron chi connectivity index (χ0n) is 28.2. The Balaban J connectivity index is 2.07. The van der Waals surface area contributed by atoms with Crippen molar-refractivity contribution >= 4 is 17.9 Å². The first-order chi connectivity index (χ1) is 21.6. The number of hydrogen-bond acceptors (Lipinski definition) is 7. The first-order valence-electron chi connectivity index (χ1n) is 17.2. The zero-order chi connectivity index (χ0) is 33.0. The number of rotatable bonds is 22. The van der Waals surface area contributed by atoms with Crippen molar-refractivity contribution in [1.29, 1.82) is 0 Å². The van der Waals surface area contributed by atoms with E-state index in [9.17, 15) is 19.5 Å². The van der Waals surface area contributed by atoms with Crippen LogP contribution < -0.4 is 0 Å². The molecule has 7 heteroatoms. The fourth-order valence-corrected chi connectivity index (χ4v) is 6.17. The molecule has 2 rings (SSSR count). The van der Waals surface area contributed by atoms with Crippen molar-refractivity contribution in [2.45, 2.75) is 148 Å². The predicted molar refractivity (Wildman–Crippen MR) is 178 cm³/mol. The van der Waals surface area contributed by atoms with Crippen molar-refractivity contribution in [3.05, 3.63) is 60.2 Å². The highest BCUT2D eigenvalue weighted by molar-refractivity contribution is 5.87. The van der Waals surface area contributed by atoms with Crippen LogP contribution in [0.2, 0.25) is 0 Å². The van der Waals surface area contributed by atoms with E-state index in [1.54, 1.807) is 0 Å². The normalized spacial score (nSPS) is 20.3. The van der Waals surface area contributed by atoms with Gasteiger partial charge < -0.3 is 19.3 Å². The number of ether oxygens (including phenoxy) is 3. The third-order valence-corrected chi connectivity index (χ3v) is 8.55. The lowest BCUT2D eigenvalue weighted by Crippen LogP contribution is -2.28. The number of carbonyl (C=O) groups excluding carboxylic acids is 3. The summed E-state index contributed by atoms with van der Waals surface area (Å²) in [4.78, 5) is 37.0. The van der Waals surface area contributed by atoms with E-state index >= 15 is 0 Å². The van der Waals surface area contributed by atoms with Gasteiger partial charge in [-0.3, -0.25) is 9.59 Å². The van der Waals surface area contributed by atoms with Crippen LogP contribution in [0.1, 0.15) is 123 Å². The van der Waals surface area contributed by atoms with Gasteiger partial charge >= 0.3 is 17.9 Å². The smallest absolute Gasteiger partial charge is 0.333 e. The number of unbranched alkanes of at least 4 members (excludes halogenated alkanes) is 5. The van der Waals surface area contributed by atoms with Gasteiger partial charge in [-0.05, 0) is 77.2 Å². The molecule has 0 aromatic heterocycles. The zero-order valence-corrected chi connectivity index (χ0v) is 28.2. The van der Waals surface area contributed by atoms with Crippen molar-refractivity contribution < 1.29 is 33.7 Å². The number of hydrogen-bond donors (Lipinski definition) is 1. The highest BCUT2D eigenvalue weighted by atomic mass is 16.6. The van der Waals surface area contributed by atoms with Gasteiger partial charge in [0.1, 0.15) is 12.2 Å². The van der Waals surface area contributed by atoms with Crippen molar-refractivity contribution in [3.8, 4) is 0 Å². The molecule has 5 atom stereocenters. The van der Waals surface area contributed by atoms with Crippen LogP contribution in [0.4, 0.5) is 0 Å². The Labute approximate surface area is 271 Å². The second-order valence-electron chi connectivity index (χ2n) is 12.8. The van der Waals surface area contributed by atoms with Crippen LogP contribution in [0.5, 0.6) is 0 Å². The van der Waals surface area contributed by atoms with Crippen LogP contribution in [0.25, 0.3) is 0 Å². The number of benzene rings is 1. The maximum atomic E-state index is 13.1. The number of aliphatic hydroxyl groups is 1. The van der Waals surface area contributed by atoms with E-state index in [4.69, 9.17) is 14.2 Å². The van der Waals surface area contributed by atoms with Gasteiger partial charge in [0, 0.05) is 37.2 Å². The van der Waals surface area contributed by atoms with E-state index in [0.29, 0.717) is 56.9 Å². The fraction of sp³-hybridized carbons (Fsp3) is 0.658. The predicted octanol–water partition coefficient (Wildman–Crippen LogP) is 8.22.